The Labute approximate surface area is 214 Å². The molecule has 0 saturated carbocycles. The van der Waals surface area contributed by atoms with E-state index < -0.39 is 19.9 Å². The van der Waals surface area contributed by atoms with Crippen molar-refractivity contribution in [3.63, 3.8) is 0 Å². The van der Waals surface area contributed by atoms with Gasteiger partial charge < -0.3 is 9.84 Å². The topological polar surface area (TPSA) is 77.2 Å². The number of aromatic nitrogens is 3. The number of carboxylic acids is 1. The van der Waals surface area contributed by atoms with Crippen LogP contribution in [0.3, 0.4) is 0 Å². The number of hydrogen-bond donors (Lipinski definition) is 1. The fraction of sp³-hybridized carbons (Fsp3) is 0.222. The van der Waals surface area contributed by atoms with Crippen molar-refractivity contribution in [2.75, 3.05) is 6.61 Å². The molecular weight excluding hydrogens is 493 g/mol. The Bertz CT molecular complexity index is 1400. The zero-order chi connectivity index (χ0) is 25.7. The second kappa shape index (κ2) is 11.2. The number of nitrogens with zero attached hydrogens (tertiary/aromatic N) is 3. The van der Waals surface area contributed by atoms with Crippen molar-refractivity contribution in [1.29, 1.82) is 0 Å². The van der Waals surface area contributed by atoms with Crippen LogP contribution in [0.4, 0.5) is 4.39 Å². The minimum atomic E-state index is -1.23. The van der Waals surface area contributed by atoms with Gasteiger partial charge in [-0.25, -0.2) is 13.9 Å². The molecule has 0 bridgehead atoms. The molecule has 4 rings (SSSR count). The van der Waals surface area contributed by atoms with E-state index in [9.17, 15) is 14.3 Å². The summed E-state index contributed by atoms with van der Waals surface area (Å²) in [4.78, 5) is 16.7. The monoisotopic (exact) mass is 521 g/mol. The highest BCUT2D eigenvalue weighted by atomic mass is 32.2. The lowest BCUT2D eigenvalue weighted by Gasteiger charge is -2.15. The first-order valence-electron chi connectivity index (χ1n) is 11.6. The number of benzene rings is 2. The van der Waals surface area contributed by atoms with Crippen LogP contribution in [0.2, 0.25) is 25.7 Å². The summed E-state index contributed by atoms with van der Waals surface area (Å²) in [5.41, 5.74) is 2.33. The number of halogens is 1. The molecule has 9 heteroatoms. The third-order valence-electron chi connectivity index (χ3n) is 5.48. The largest absolute Gasteiger partial charge is 0.478 e. The van der Waals surface area contributed by atoms with Gasteiger partial charge >= 0.3 is 5.97 Å². The summed E-state index contributed by atoms with van der Waals surface area (Å²) in [6.45, 7) is 7.85. The summed E-state index contributed by atoms with van der Waals surface area (Å²) >= 11 is 1.08. The maximum absolute atomic E-state index is 14.5. The molecule has 0 aliphatic heterocycles. The Morgan fingerprint density at radius 1 is 1.14 bits per heavy atom. The number of pyridine rings is 1. The molecule has 0 atom stereocenters. The van der Waals surface area contributed by atoms with Gasteiger partial charge in [-0.05, 0) is 60.7 Å². The summed E-state index contributed by atoms with van der Waals surface area (Å²) in [6, 6.07) is 16.5. The van der Waals surface area contributed by atoms with Crippen LogP contribution < -0.4 is 0 Å². The van der Waals surface area contributed by atoms with Crippen molar-refractivity contribution in [3.05, 3.63) is 83.6 Å². The summed E-state index contributed by atoms with van der Waals surface area (Å²) in [7, 11) is -1.23. The van der Waals surface area contributed by atoms with Crippen molar-refractivity contribution in [2.24, 2.45) is 0 Å². The van der Waals surface area contributed by atoms with Crippen LogP contribution in [0.15, 0.2) is 70.6 Å². The predicted octanol–water partition coefficient (Wildman–Crippen LogP) is 6.90. The smallest absolute Gasteiger partial charge is 0.336 e. The van der Waals surface area contributed by atoms with Gasteiger partial charge in [0.2, 0.25) is 0 Å². The summed E-state index contributed by atoms with van der Waals surface area (Å²) < 4.78 is 22.3. The van der Waals surface area contributed by atoms with E-state index in [1.165, 1.54) is 18.2 Å². The average molecular weight is 522 g/mol. The Balaban J connectivity index is 1.68. The lowest BCUT2D eigenvalue weighted by atomic mass is 10.2. The van der Waals surface area contributed by atoms with Crippen LogP contribution in [-0.4, -0.2) is 40.5 Å². The highest BCUT2D eigenvalue weighted by Gasteiger charge is 2.17. The molecule has 2 aromatic heterocycles. The van der Waals surface area contributed by atoms with E-state index in [-0.39, 0.29) is 17.2 Å². The van der Waals surface area contributed by atoms with Crippen molar-refractivity contribution in [1.82, 2.24) is 14.8 Å². The van der Waals surface area contributed by atoms with Gasteiger partial charge in [0.25, 0.3) is 0 Å². The standard InChI is InChI=1S/C27H28FN3O3SSi/c1-36(2,3)16-15-34-18-31-25-17-20(35-26-22(27(32)33)8-6-9-23(26)28)11-12-21(25)24(30-31)13-10-19-7-4-5-14-29-19/h4-14,17H,15-16,18H2,1-3H3,(H,32,33). The molecule has 0 spiro atoms. The first-order chi connectivity index (χ1) is 17.2. The van der Waals surface area contributed by atoms with Crippen molar-refractivity contribution in [3.8, 4) is 0 Å². The molecule has 0 unspecified atom stereocenters. The van der Waals surface area contributed by atoms with Crippen molar-refractivity contribution in [2.45, 2.75) is 42.2 Å². The maximum atomic E-state index is 14.5. The lowest BCUT2D eigenvalue weighted by molar-refractivity contribution is 0.0692. The van der Waals surface area contributed by atoms with E-state index in [0.717, 1.165) is 40.1 Å². The summed E-state index contributed by atoms with van der Waals surface area (Å²) in [5, 5.41) is 15.2. The zero-order valence-corrected chi connectivity index (χ0v) is 22.3. The van der Waals surface area contributed by atoms with Crippen LogP contribution in [0, 0.1) is 5.82 Å². The van der Waals surface area contributed by atoms with Crippen molar-refractivity contribution >= 4 is 48.9 Å². The number of ether oxygens (including phenoxy) is 1. The number of carbonyl (C=O) groups is 1. The summed E-state index contributed by atoms with van der Waals surface area (Å²) in [5.74, 6) is -1.73. The predicted molar refractivity (Wildman–Crippen MR) is 144 cm³/mol. The quantitative estimate of drug-likeness (QED) is 0.181. The number of rotatable bonds is 10. The van der Waals surface area contributed by atoms with Gasteiger partial charge in [-0.2, -0.15) is 5.10 Å². The number of carboxylic acid groups (broad SMARTS) is 1. The fourth-order valence-electron chi connectivity index (χ4n) is 3.53. The molecular formula is C27H28FN3O3SSi. The van der Waals surface area contributed by atoms with E-state index >= 15 is 0 Å². The van der Waals surface area contributed by atoms with E-state index in [1.807, 2.05) is 48.6 Å². The zero-order valence-electron chi connectivity index (χ0n) is 20.4. The maximum Gasteiger partial charge on any atom is 0.336 e. The van der Waals surface area contributed by atoms with Crippen LogP contribution in [0.5, 0.6) is 0 Å². The molecule has 0 aliphatic carbocycles. The minimum absolute atomic E-state index is 0.0673. The third-order valence-corrected chi connectivity index (χ3v) is 8.29. The van der Waals surface area contributed by atoms with Crippen LogP contribution in [0.1, 0.15) is 21.7 Å². The third kappa shape index (κ3) is 6.48. The van der Waals surface area contributed by atoms with E-state index in [1.54, 1.807) is 10.9 Å². The lowest BCUT2D eigenvalue weighted by Crippen LogP contribution is -2.22. The van der Waals surface area contributed by atoms with Gasteiger partial charge in [0.05, 0.1) is 27.4 Å². The van der Waals surface area contributed by atoms with E-state index in [0.29, 0.717) is 11.5 Å². The Kier molecular flexibility index (Phi) is 8.03. The van der Waals surface area contributed by atoms with Crippen LogP contribution >= 0.6 is 11.8 Å². The molecule has 186 valence electrons. The molecule has 0 fully saturated rings. The van der Waals surface area contributed by atoms with E-state index in [2.05, 4.69) is 24.6 Å². The highest BCUT2D eigenvalue weighted by Crippen LogP contribution is 2.35. The number of fused-ring (bicyclic) bond motifs is 1. The molecule has 0 radical (unpaired) electrons. The SMILES string of the molecule is C[Si](C)(C)CCOCn1nc(C=Cc2ccccn2)c2ccc(Sc3c(F)cccc3C(=O)O)cc21. The van der Waals surface area contributed by atoms with Gasteiger partial charge in [0, 0.05) is 31.2 Å². The second-order valence-electron chi connectivity index (χ2n) is 9.52. The molecule has 1 N–H and O–H groups in total. The molecule has 0 saturated heterocycles. The van der Waals surface area contributed by atoms with E-state index in [4.69, 9.17) is 9.84 Å². The van der Waals surface area contributed by atoms with Gasteiger partial charge in [-0.3, -0.25) is 4.98 Å². The molecule has 36 heavy (non-hydrogen) atoms. The molecule has 2 heterocycles. The van der Waals surface area contributed by atoms with Gasteiger partial charge in [-0.1, -0.05) is 43.5 Å². The average Bonchev–Trinajstić information content (AvgIpc) is 3.18. The first-order valence-corrected chi connectivity index (χ1v) is 16.1. The van der Waals surface area contributed by atoms with Gasteiger partial charge in [0.15, 0.2) is 0 Å². The first kappa shape index (κ1) is 25.8. The number of aromatic carboxylic acids is 1. The Morgan fingerprint density at radius 2 is 1.97 bits per heavy atom. The Hall–Kier alpha value is -3.27. The normalized spacial score (nSPS) is 12.0. The summed E-state index contributed by atoms with van der Waals surface area (Å²) in [6.07, 6.45) is 5.55. The number of hydrogen-bond acceptors (Lipinski definition) is 5. The molecule has 6 nitrogen and oxygen atoms in total. The molecule has 0 aliphatic rings. The Morgan fingerprint density at radius 3 is 2.69 bits per heavy atom. The van der Waals surface area contributed by atoms with Crippen LogP contribution in [0.25, 0.3) is 23.1 Å². The van der Waals surface area contributed by atoms with Crippen LogP contribution in [-0.2, 0) is 11.5 Å². The molecule has 4 aromatic rings. The minimum Gasteiger partial charge on any atom is -0.478 e. The fourth-order valence-corrected chi connectivity index (χ4v) is 5.26. The highest BCUT2D eigenvalue weighted by molar-refractivity contribution is 7.99. The molecule has 0 amide bonds. The molecule has 2 aromatic carbocycles. The second-order valence-corrected chi connectivity index (χ2v) is 16.2. The van der Waals surface area contributed by atoms with Gasteiger partial charge in [-0.15, -0.1) is 0 Å². The van der Waals surface area contributed by atoms with Gasteiger partial charge in [0.1, 0.15) is 12.5 Å². The van der Waals surface area contributed by atoms with Crippen molar-refractivity contribution < 1.29 is 19.0 Å².